The highest BCUT2D eigenvalue weighted by Crippen LogP contribution is 2.32. The van der Waals surface area contributed by atoms with E-state index in [1.807, 2.05) is 0 Å². The van der Waals surface area contributed by atoms with Crippen LogP contribution in [0.3, 0.4) is 0 Å². The smallest absolute Gasteiger partial charge is 0.416 e. The fourth-order valence-corrected chi connectivity index (χ4v) is 2.62. The summed E-state index contributed by atoms with van der Waals surface area (Å²) in [5, 5.41) is 8.01. The molecule has 0 saturated carbocycles. The minimum absolute atomic E-state index is 0.347. The van der Waals surface area contributed by atoms with Gasteiger partial charge in [0.1, 0.15) is 5.52 Å². The Hall–Kier alpha value is -3.10. The Morgan fingerprint density at radius 1 is 1.16 bits per heavy atom. The molecule has 0 radical (unpaired) electrons. The highest BCUT2D eigenvalue weighted by molar-refractivity contribution is 5.80. The van der Waals surface area contributed by atoms with Crippen LogP contribution in [0.5, 0.6) is 0 Å². The van der Waals surface area contributed by atoms with E-state index in [0.717, 1.165) is 12.1 Å². The number of pyridine rings is 1. The Morgan fingerprint density at radius 2 is 2.04 bits per heavy atom. The molecule has 1 atom stereocenters. The Morgan fingerprint density at radius 3 is 2.80 bits per heavy atom. The molecule has 0 spiro atoms. The molecule has 1 aliphatic heterocycles. The number of alkyl halides is 3. The third-order valence-electron chi connectivity index (χ3n) is 3.85. The lowest BCUT2D eigenvalue weighted by Gasteiger charge is -2.11. The maximum Gasteiger partial charge on any atom is 0.416 e. The van der Waals surface area contributed by atoms with Gasteiger partial charge in [0.15, 0.2) is 6.40 Å². The summed E-state index contributed by atoms with van der Waals surface area (Å²) in [5.74, 6) is 0. The van der Waals surface area contributed by atoms with Crippen LogP contribution < -0.4 is 5.43 Å². The van der Waals surface area contributed by atoms with E-state index in [0.29, 0.717) is 28.7 Å². The van der Waals surface area contributed by atoms with Crippen molar-refractivity contribution in [2.45, 2.75) is 18.9 Å². The molecule has 128 valence electrons. The highest BCUT2D eigenvalue weighted by Gasteiger charge is 2.30. The topological polar surface area (TPSA) is 64.3 Å². The number of benzene rings is 1. The van der Waals surface area contributed by atoms with Gasteiger partial charge < -0.3 is 4.74 Å². The van der Waals surface area contributed by atoms with Crippen molar-refractivity contribution in [3.05, 3.63) is 48.3 Å². The first kappa shape index (κ1) is 15.4. The van der Waals surface area contributed by atoms with E-state index >= 15 is 0 Å². The van der Waals surface area contributed by atoms with Gasteiger partial charge in [0.05, 0.1) is 23.8 Å². The predicted molar refractivity (Wildman–Crippen MR) is 84.5 cm³/mol. The second kappa shape index (κ2) is 5.76. The van der Waals surface area contributed by atoms with Gasteiger partial charge in [0.2, 0.25) is 6.23 Å². The molecule has 3 heterocycles. The first-order valence-electron chi connectivity index (χ1n) is 7.42. The average molecular weight is 347 g/mol. The molecule has 4 rings (SSSR count). The van der Waals surface area contributed by atoms with E-state index < -0.39 is 11.7 Å². The van der Waals surface area contributed by atoms with Crippen molar-refractivity contribution in [2.24, 2.45) is 5.10 Å². The number of hydrogen-bond donors (Lipinski definition) is 1. The summed E-state index contributed by atoms with van der Waals surface area (Å²) in [4.78, 5) is 4.29. The first-order chi connectivity index (χ1) is 12.0. The maximum absolute atomic E-state index is 12.9. The fraction of sp³-hybridized carbons (Fsp3) is 0.188. The Kier molecular flexibility index (Phi) is 3.56. The molecular weight excluding hydrogens is 335 g/mol. The zero-order valence-corrected chi connectivity index (χ0v) is 12.7. The van der Waals surface area contributed by atoms with E-state index in [2.05, 4.69) is 20.6 Å². The zero-order chi connectivity index (χ0) is 17.4. The Bertz CT molecular complexity index is 942. The molecule has 0 saturated heterocycles. The summed E-state index contributed by atoms with van der Waals surface area (Å²) >= 11 is 0. The van der Waals surface area contributed by atoms with Crippen LogP contribution in [0.25, 0.3) is 22.2 Å². The Labute approximate surface area is 139 Å². The molecular formula is C16H12F3N5O. The van der Waals surface area contributed by atoms with E-state index in [1.165, 1.54) is 18.7 Å². The van der Waals surface area contributed by atoms with Crippen LogP contribution in [0, 0.1) is 0 Å². The molecule has 6 nitrogen and oxygen atoms in total. The van der Waals surface area contributed by atoms with E-state index in [9.17, 15) is 13.2 Å². The minimum Gasteiger partial charge on any atom is -0.455 e. The molecule has 1 N–H and O–H groups in total. The van der Waals surface area contributed by atoms with Crippen LogP contribution in [0.15, 0.2) is 47.8 Å². The van der Waals surface area contributed by atoms with E-state index in [1.54, 1.807) is 23.0 Å². The number of nitrogens with zero attached hydrogens (tertiary/aromatic N) is 4. The number of rotatable bonds is 3. The van der Waals surface area contributed by atoms with Crippen LogP contribution in [-0.4, -0.2) is 27.4 Å². The lowest BCUT2D eigenvalue weighted by Crippen LogP contribution is -2.27. The van der Waals surface area contributed by atoms with Gasteiger partial charge in [0.25, 0.3) is 0 Å². The molecule has 1 unspecified atom stereocenters. The summed E-state index contributed by atoms with van der Waals surface area (Å²) in [6.45, 7) is 0.386. The van der Waals surface area contributed by atoms with Gasteiger partial charge >= 0.3 is 6.18 Å². The molecule has 3 aromatic rings. The molecule has 0 aliphatic carbocycles. The van der Waals surface area contributed by atoms with Crippen LogP contribution in [-0.2, 0) is 17.5 Å². The van der Waals surface area contributed by atoms with Crippen LogP contribution in [0.4, 0.5) is 13.2 Å². The first-order valence-corrected chi connectivity index (χ1v) is 7.42. The van der Waals surface area contributed by atoms with Gasteiger partial charge in [-0.25, -0.2) is 0 Å². The maximum atomic E-state index is 12.9. The molecule has 2 aromatic heterocycles. The molecule has 25 heavy (non-hydrogen) atoms. The third-order valence-corrected chi connectivity index (χ3v) is 3.85. The lowest BCUT2D eigenvalue weighted by molar-refractivity contribution is -0.137. The predicted octanol–water partition coefficient (Wildman–Crippen LogP) is 3.01. The van der Waals surface area contributed by atoms with Gasteiger partial charge in [-0.05, 0) is 23.8 Å². The van der Waals surface area contributed by atoms with E-state index in [-0.39, 0.29) is 6.23 Å². The second-order valence-electron chi connectivity index (χ2n) is 5.52. The SMILES string of the molecule is FC(F)(F)c1cccc(-c2cnc3cnn(CC4NN=CO4)c3c2)c1. The minimum atomic E-state index is -4.39. The second-order valence-corrected chi connectivity index (χ2v) is 5.52. The van der Waals surface area contributed by atoms with Crippen LogP contribution >= 0.6 is 0 Å². The number of ether oxygens (including phenoxy) is 1. The van der Waals surface area contributed by atoms with Gasteiger partial charge in [-0.3, -0.25) is 15.1 Å². The Balaban J connectivity index is 1.71. The largest absolute Gasteiger partial charge is 0.455 e. The standard InChI is InChI=1S/C16H12F3N5O/c17-16(18,19)12-3-1-2-10(4-12)11-5-14-13(20-6-11)7-22-24(14)8-15-23-21-9-25-15/h1-7,9,15,23H,8H2. The number of halogens is 3. The number of fused-ring (bicyclic) bond motifs is 1. The fourth-order valence-electron chi connectivity index (χ4n) is 2.62. The van der Waals surface area contributed by atoms with Crippen molar-refractivity contribution in [2.75, 3.05) is 0 Å². The van der Waals surface area contributed by atoms with Gasteiger partial charge in [-0.2, -0.15) is 18.3 Å². The van der Waals surface area contributed by atoms with Crippen molar-refractivity contribution in [3.63, 3.8) is 0 Å². The average Bonchev–Trinajstić information content (AvgIpc) is 3.24. The number of hydrazone groups is 1. The molecule has 9 heteroatoms. The summed E-state index contributed by atoms with van der Waals surface area (Å²) in [6, 6.07) is 6.92. The van der Waals surface area contributed by atoms with Crippen molar-refractivity contribution in [3.8, 4) is 11.1 Å². The summed E-state index contributed by atoms with van der Waals surface area (Å²) < 4.78 is 45.7. The summed E-state index contributed by atoms with van der Waals surface area (Å²) in [7, 11) is 0. The van der Waals surface area contributed by atoms with Crippen molar-refractivity contribution < 1.29 is 17.9 Å². The molecule has 0 bridgehead atoms. The monoisotopic (exact) mass is 347 g/mol. The normalized spacial score (nSPS) is 16.8. The van der Waals surface area contributed by atoms with Crippen LogP contribution in [0.2, 0.25) is 0 Å². The van der Waals surface area contributed by atoms with Gasteiger partial charge in [-0.1, -0.05) is 12.1 Å². The number of aromatic nitrogens is 3. The molecule has 0 amide bonds. The van der Waals surface area contributed by atoms with Crippen molar-refractivity contribution in [1.82, 2.24) is 20.2 Å². The highest BCUT2D eigenvalue weighted by atomic mass is 19.4. The number of hydrogen-bond acceptors (Lipinski definition) is 5. The number of nitrogens with one attached hydrogen (secondary N) is 1. The van der Waals surface area contributed by atoms with Gasteiger partial charge in [0, 0.05) is 11.8 Å². The molecule has 1 aliphatic rings. The van der Waals surface area contributed by atoms with Crippen molar-refractivity contribution >= 4 is 17.4 Å². The summed E-state index contributed by atoms with van der Waals surface area (Å²) in [5.41, 5.74) is 4.45. The molecule has 0 fully saturated rings. The van der Waals surface area contributed by atoms with Crippen LogP contribution in [0.1, 0.15) is 5.56 Å². The summed E-state index contributed by atoms with van der Waals surface area (Å²) in [6.07, 6.45) is -0.290. The van der Waals surface area contributed by atoms with Gasteiger partial charge in [-0.15, -0.1) is 5.10 Å². The van der Waals surface area contributed by atoms with E-state index in [4.69, 9.17) is 4.74 Å². The van der Waals surface area contributed by atoms with Crippen molar-refractivity contribution in [1.29, 1.82) is 0 Å². The quantitative estimate of drug-likeness (QED) is 0.791. The zero-order valence-electron chi connectivity index (χ0n) is 12.7. The molecule has 1 aromatic carbocycles. The lowest BCUT2D eigenvalue weighted by atomic mass is 10.0. The third kappa shape index (κ3) is 3.00.